The number of nitrogens with one attached hydrogen (secondary N) is 1. The molecule has 0 aromatic carbocycles. The van der Waals surface area contributed by atoms with E-state index in [2.05, 4.69) is 23.8 Å². The molecule has 2 aromatic heterocycles. The van der Waals surface area contributed by atoms with Crippen LogP contribution in [0.1, 0.15) is 6.23 Å². The number of H-pyrrole nitrogens is 1. The molecule has 0 radical (unpaired) electrons. The zero-order valence-electron chi connectivity index (χ0n) is 15.6. The van der Waals surface area contributed by atoms with Crippen molar-refractivity contribution in [2.45, 2.75) is 24.5 Å². The van der Waals surface area contributed by atoms with Crippen molar-refractivity contribution in [3.05, 3.63) is 16.7 Å². The second-order valence-electron chi connectivity index (χ2n) is 6.61. The van der Waals surface area contributed by atoms with Gasteiger partial charge in [-0.05, 0) is 0 Å². The number of nitrogens with two attached hydrogens (primary N) is 1. The number of imidazole rings is 1. The molecule has 3 rings (SSSR count). The number of nitrogens with zero attached hydrogens (tertiary/aromatic N) is 3. The number of hydrogen-bond donors (Lipinski definition) is 8. The van der Waals surface area contributed by atoms with Crippen molar-refractivity contribution in [3.8, 4) is 0 Å². The Morgan fingerprint density at radius 2 is 1.84 bits per heavy atom. The highest BCUT2D eigenvalue weighted by Crippen LogP contribution is 2.65. The number of aromatic amines is 1. The summed E-state index contributed by atoms with van der Waals surface area (Å²) in [6.07, 6.45) is -5.19. The van der Waals surface area contributed by atoms with Gasteiger partial charge in [0.2, 0.25) is 5.95 Å². The molecular weight excluding hydrogens is 503 g/mol. The fourth-order valence-electron chi connectivity index (χ4n) is 2.84. The van der Waals surface area contributed by atoms with Gasteiger partial charge in [0, 0.05) is 0 Å². The van der Waals surface area contributed by atoms with Crippen LogP contribution in [-0.2, 0) is 27.3 Å². The van der Waals surface area contributed by atoms with Crippen molar-refractivity contribution in [3.63, 3.8) is 0 Å². The first-order chi connectivity index (χ1) is 14.6. The maximum atomic E-state index is 11.9. The van der Waals surface area contributed by atoms with Crippen LogP contribution >= 0.6 is 23.0 Å². The first kappa shape index (κ1) is 25.1. The third-order valence-corrected chi connectivity index (χ3v) is 9.28. The first-order valence-corrected chi connectivity index (χ1v) is 13.4. The molecule has 1 saturated heterocycles. The van der Waals surface area contributed by atoms with E-state index in [1.165, 1.54) is 0 Å². The normalized spacial score (nSPS) is 27.9. The van der Waals surface area contributed by atoms with Gasteiger partial charge in [0.15, 0.2) is 23.3 Å². The van der Waals surface area contributed by atoms with Crippen LogP contribution in [0.5, 0.6) is 0 Å². The fourth-order valence-corrected chi connectivity index (χ4v) is 7.18. The summed E-state index contributed by atoms with van der Waals surface area (Å²) in [5, 5.41) is 20.5. The SMILES string of the molecule is Nc1nc2c(ncn2C2OC(COP(=O)(O)OP(=O)(O)CP(=O)(O)O)C(O)C2O)c(=O)[nH]1. The van der Waals surface area contributed by atoms with Gasteiger partial charge >= 0.3 is 23.0 Å². The Bertz CT molecular complexity index is 1210. The maximum absolute atomic E-state index is 11.9. The molecule has 0 aliphatic carbocycles. The van der Waals surface area contributed by atoms with Crippen LogP contribution < -0.4 is 11.3 Å². The lowest BCUT2D eigenvalue weighted by Crippen LogP contribution is -2.33. The number of fused-ring (bicyclic) bond motifs is 1. The van der Waals surface area contributed by atoms with Crippen LogP contribution in [-0.4, -0.2) is 80.1 Å². The van der Waals surface area contributed by atoms with Gasteiger partial charge < -0.3 is 40.3 Å². The molecular formula is C11H18N5O13P3. The number of hydrogen-bond acceptors (Lipinski definition) is 12. The van der Waals surface area contributed by atoms with Crippen molar-refractivity contribution in [2.75, 3.05) is 18.2 Å². The van der Waals surface area contributed by atoms with Gasteiger partial charge in [-0.3, -0.25) is 28.0 Å². The monoisotopic (exact) mass is 521 g/mol. The van der Waals surface area contributed by atoms with E-state index in [0.29, 0.717) is 0 Å². The molecule has 0 amide bonds. The minimum atomic E-state index is -5.35. The zero-order valence-corrected chi connectivity index (χ0v) is 18.3. The molecule has 1 aliphatic heterocycles. The summed E-state index contributed by atoms with van der Waals surface area (Å²) in [5.74, 6) is -2.00. The Labute approximate surface area is 176 Å². The number of phosphoric acid groups is 1. The van der Waals surface area contributed by atoms with Crippen LogP contribution in [0.2, 0.25) is 0 Å². The Morgan fingerprint density at radius 3 is 2.47 bits per heavy atom. The molecule has 21 heteroatoms. The number of aromatic nitrogens is 4. The predicted molar refractivity (Wildman–Crippen MR) is 102 cm³/mol. The maximum Gasteiger partial charge on any atom is 0.479 e. The van der Waals surface area contributed by atoms with E-state index in [4.69, 9.17) is 20.3 Å². The molecule has 9 N–H and O–H groups in total. The van der Waals surface area contributed by atoms with Gasteiger partial charge in [-0.15, -0.1) is 0 Å². The second-order valence-corrected chi connectivity index (χ2v) is 12.2. The predicted octanol–water partition coefficient (Wildman–Crippen LogP) is -2.22. The van der Waals surface area contributed by atoms with Crippen molar-refractivity contribution in [2.24, 2.45) is 0 Å². The highest BCUT2D eigenvalue weighted by atomic mass is 31.3. The summed E-state index contributed by atoms with van der Waals surface area (Å²) in [4.78, 5) is 58.1. The average molecular weight is 521 g/mol. The number of nitrogen functional groups attached to an aromatic ring is 1. The Morgan fingerprint density at radius 1 is 1.19 bits per heavy atom. The van der Waals surface area contributed by atoms with Gasteiger partial charge in [-0.1, -0.05) is 0 Å². The van der Waals surface area contributed by atoms with Gasteiger partial charge in [-0.2, -0.15) is 4.98 Å². The van der Waals surface area contributed by atoms with Crippen LogP contribution in [0.15, 0.2) is 11.1 Å². The number of phosphoric ester groups is 1. The zero-order chi connectivity index (χ0) is 24.1. The van der Waals surface area contributed by atoms with E-state index in [1.54, 1.807) is 0 Å². The molecule has 1 fully saturated rings. The molecule has 32 heavy (non-hydrogen) atoms. The molecule has 1 aliphatic rings. The fraction of sp³-hybridized carbons (Fsp3) is 0.545. The smallest absolute Gasteiger partial charge is 0.387 e. The van der Waals surface area contributed by atoms with Crippen LogP contribution in [0.25, 0.3) is 11.2 Å². The average Bonchev–Trinajstić information content (AvgIpc) is 3.12. The lowest BCUT2D eigenvalue weighted by Gasteiger charge is -2.19. The van der Waals surface area contributed by atoms with Gasteiger partial charge in [-0.25, -0.2) is 13.9 Å². The molecule has 2 aromatic rings. The quantitative estimate of drug-likeness (QED) is 0.171. The number of anilines is 1. The summed E-state index contributed by atoms with van der Waals surface area (Å²) in [7, 11) is -15.7. The number of ether oxygens (including phenoxy) is 1. The third-order valence-electron chi connectivity index (χ3n) is 4.06. The van der Waals surface area contributed by atoms with Crippen molar-refractivity contribution < 1.29 is 57.1 Å². The topological polar surface area (TPSA) is 290 Å². The highest BCUT2D eigenvalue weighted by molar-refractivity contribution is 7.73. The summed E-state index contributed by atoms with van der Waals surface area (Å²) >= 11 is 0. The van der Waals surface area contributed by atoms with E-state index in [-0.39, 0.29) is 17.1 Å². The summed E-state index contributed by atoms with van der Waals surface area (Å²) in [5.41, 5.74) is 4.55. The lowest BCUT2D eigenvalue weighted by molar-refractivity contribution is -0.0501. The molecule has 6 unspecified atom stereocenters. The van der Waals surface area contributed by atoms with Gasteiger partial charge in [0.25, 0.3) is 5.56 Å². The van der Waals surface area contributed by atoms with Crippen molar-refractivity contribution >= 4 is 40.1 Å². The molecule has 0 spiro atoms. The van der Waals surface area contributed by atoms with E-state index in [0.717, 1.165) is 10.9 Å². The van der Waals surface area contributed by atoms with Crippen molar-refractivity contribution in [1.82, 2.24) is 19.5 Å². The molecule has 180 valence electrons. The first-order valence-electron chi connectivity index (χ1n) is 8.37. The van der Waals surface area contributed by atoms with Crippen molar-refractivity contribution in [1.29, 1.82) is 0 Å². The van der Waals surface area contributed by atoms with E-state index in [1.807, 2.05) is 0 Å². The summed E-state index contributed by atoms with van der Waals surface area (Å²) in [6, 6.07) is 0. The summed E-state index contributed by atoms with van der Waals surface area (Å²) < 4.78 is 49.1. The lowest BCUT2D eigenvalue weighted by atomic mass is 10.1. The number of aliphatic hydroxyl groups excluding tert-OH is 2. The third kappa shape index (κ3) is 5.69. The Hall–Kier alpha value is -1.52. The highest BCUT2D eigenvalue weighted by Gasteiger charge is 2.46. The van der Waals surface area contributed by atoms with Gasteiger partial charge in [0.05, 0.1) is 12.9 Å². The van der Waals surface area contributed by atoms with Crippen LogP contribution in [0.4, 0.5) is 5.95 Å². The summed E-state index contributed by atoms with van der Waals surface area (Å²) in [6.45, 7) is -0.957. The van der Waals surface area contributed by atoms with E-state index < -0.39 is 65.6 Å². The minimum absolute atomic E-state index is 0.0983. The molecule has 0 saturated carbocycles. The molecule has 0 bridgehead atoms. The minimum Gasteiger partial charge on any atom is -0.387 e. The van der Waals surface area contributed by atoms with E-state index >= 15 is 0 Å². The Kier molecular flexibility index (Phi) is 6.81. The largest absolute Gasteiger partial charge is 0.479 e. The van der Waals surface area contributed by atoms with Crippen LogP contribution in [0.3, 0.4) is 0 Å². The molecule has 3 heterocycles. The standard InChI is InChI=1S/C11H18N5O13P3/c12-11-14-8-5(9(19)15-11)13-2-16(8)10-7(18)6(17)4(28-10)1-27-32(25,26)29-31(23,24)3-30(20,21)22/h2,4,6-7,10,17-18H,1,3H2,(H,23,24)(H,25,26)(H2,20,21,22)(H3,12,14,15,19). The second kappa shape index (κ2) is 8.68. The number of rotatable bonds is 8. The van der Waals surface area contributed by atoms with E-state index in [9.17, 15) is 38.5 Å². The van der Waals surface area contributed by atoms with Gasteiger partial charge in [0.1, 0.15) is 18.3 Å². The molecule has 6 atom stereocenters. The molecule has 18 nitrogen and oxygen atoms in total. The Balaban J connectivity index is 1.72. The number of aliphatic hydroxyl groups is 2. The van der Waals surface area contributed by atoms with Crippen LogP contribution in [0, 0.1) is 0 Å².